The molecular weight excluding hydrogens is 480 g/mol. The molecule has 1 aromatic heterocycles. The summed E-state index contributed by atoms with van der Waals surface area (Å²) in [6.07, 6.45) is 0. The van der Waals surface area contributed by atoms with Crippen LogP contribution in [0.15, 0.2) is 56.4 Å². The number of carboxylic acid groups (broad SMARTS) is 1. The molecule has 0 amide bonds. The molecule has 3 rings (SSSR count). The van der Waals surface area contributed by atoms with Crippen LogP contribution in [-0.4, -0.2) is 51.9 Å². The number of nitrogens with zero attached hydrogens (tertiary/aromatic N) is 4. The second-order valence-electron chi connectivity index (χ2n) is 6.79. The van der Waals surface area contributed by atoms with Gasteiger partial charge in [0.2, 0.25) is 11.6 Å². The maximum atomic E-state index is 11.7. The van der Waals surface area contributed by atoms with Crippen LogP contribution in [0.3, 0.4) is 0 Å². The summed E-state index contributed by atoms with van der Waals surface area (Å²) in [5.74, 6) is -2.39. The van der Waals surface area contributed by atoms with Gasteiger partial charge in [0.05, 0.1) is 10.6 Å². The number of hydrogen-bond donors (Lipinski definition) is 4. The van der Waals surface area contributed by atoms with Gasteiger partial charge in [0, 0.05) is 0 Å². The first-order valence-electron chi connectivity index (χ1n) is 8.84. The number of aromatic nitrogens is 2. The number of aryl methyl sites for hydroxylation is 2. The van der Waals surface area contributed by atoms with E-state index in [0.717, 1.165) is 35.0 Å². The summed E-state index contributed by atoms with van der Waals surface area (Å²) >= 11 is 0. The third-order valence-electron chi connectivity index (χ3n) is 4.53. The van der Waals surface area contributed by atoms with E-state index in [1.165, 1.54) is 6.07 Å². The van der Waals surface area contributed by atoms with Crippen molar-refractivity contribution in [3.8, 4) is 11.6 Å². The van der Waals surface area contributed by atoms with Crippen LogP contribution in [-0.2, 0) is 20.2 Å². The van der Waals surface area contributed by atoms with E-state index in [-0.39, 0.29) is 11.4 Å². The summed E-state index contributed by atoms with van der Waals surface area (Å²) in [5.41, 5.74) is -0.506. The third-order valence-corrected chi connectivity index (χ3v) is 6.28. The van der Waals surface area contributed by atoms with Gasteiger partial charge in [-0.1, -0.05) is 0 Å². The van der Waals surface area contributed by atoms with E-state index < -0.39 is 53.3 Å². The zero-order valence-electron chi connectivity index (χ0n) is 16.9. The summed E-state index contributed by atoms with van der Waals surface area (Å²) in [6, 6.07) is 6.75. The molecule has 0 bridgehead atoms. The van der Waals surface area contributed by atoms with Gasteiger partial charge in [0.15, 0.2) is 5.69 Å². The fourth-order valence-corrected chi connectivity index (χ4v) is 3.91. The smallest absolute Gasteiger partial charge is 0.358 e. The lowest BCUT2D eigenvalue weighted by molar-refractivity contribution is 0.0690. The van der Waals surface area contributed by atoms with E-state index >= 15 is 0 Å². The van der Waals surface area contributed by atoms with Gasteiger partial charge in [0.1, 0.15) is 10.6 Å². The standard InChI is InChI=1S/C18H16N4O9S2/c1-9-7-13(14(8-10(9)2)33(29,30)31)19-20-15-16(18(24)25)21-22(17(15)23)11-3-5-12(6-4-11)32(26,27)28/h3-8,23H,1-2H3,(H,24,25)(H,26,27,28)(H,29,30,31). The van der Waals surface area contributed by atoms with Gasteiger partial charge in [-0.15, -0.1) is 10.2 Å². The molecule has 33 heavy (non-hydrogen) atoms. The van der Waals surface area contributed by atoms with E-state index in [4.69, 9.17) is 4.55 Å². The van der Waals surface area contributed by atoms with Gasteiger partial charge in [-0.3, -0.25) is 9.11 Å². The Hall–Kier alpha value is -3.66. The minimum absolute atomic E-state index is 0.0219. The molecule has 0 aliphatic rings. The summed E-state index contributed by atoms with van der Waals surface area (Å²) in [5, 5.41) is 31.0. The lowest BCUT2D eigenvalue weighted by Crippen LogP contribution is -2.02. The molecule has 0 aliphatic carbocycles. The van der Waals surface area contributed by atoms with Crippen molar-refractivity contribution in [2.45, 2.75) is 23.6 Å². The van der Waals surface area contributed by atoms with Crippen LogP contribution in [0.5, 0.6) is 5.88 Å². The Balaban J connectivity index is 2.14. The Kier molecular flexibility index (Phi) is 6.08. The maximum Gasteiger partial charge on any atom is 0.358 e. The van der Waals surface area contributed by atoms with E-state index in [1.807, 2.05) is 0 Å². The van der Waals surface area contributed by atoms with Crippen molar-refractivity contribution in [3.05, 3.63) is 53.2 Å². The highest BCUT2D eigenvalue weighted by molar-refractivity contribution is 7.86. The van der Waals surface area contributed by atoms with Crippen molar-refractivity contribution in [1.29, 1.82) is 0 Å². The number of carbonyl (C=O) groups is 1. The van der Waals surface area contributed by atoms with Crippen LogP contribution < -0.4 is 0 Å². The van der Waals surface area contributed by atoms with Crippen molar-refractivity contribution in [1.82, 2.24) is 9.78 Å². The summed E-state index contributed by atoms with van der Waals surface area (Å²) < 4.78 is 65.0. The first-order valence-corrected chi connectivity index (χ1v) is 11.7. The summed E-state index contributed by atoms with van der Waals surface area (Å²) in [7, 11) is -9.17. The number of azo groups is 1. The van der Waals surface area contributed by atoms with Crippen LogP contribution >= 0.6 is 0 Å². The Morgan fingerprint density at radius 2 is 1.52 bits per heavy atom. The Bertz CT molecular complexity index is 1510. The van der Waals surface area contributed by atoms with Crippen LogP contribution in [0, 0.1) is 13.8 Å². The van der Waals surface area contributed by atoms with E-state index in [0.29, 0.717) is 11.1 Å². The first-order chi connectivity index (χ1) is 15.2. The van der Waals surface area contributed by atoms with Gasteiger partial charge in [-0.2, -0.15) is 26.6 Å². The number of hydrogen-bond acceptors (Lipinski definition) is 9. The van der Waals surface area contributed by atoms with E-state index in [9.17, 15) is 36.4 Å². The zero-order valence-corrected chi connectivity index (χ0v) is 18.5. The molecule has 15 heteroatoms. The normalized spacial score (nSPS) is 12.4. The highest BCUT2D eigenvalue weighted by atomic mass is 32.2. The minimum atomic E-state index is -4.69. The van der Waals surface area contributed by atoms with E-state index in [1.54, 1.807) is 13.8 Å². The zero-order chi connectivity index (χ0) is 24.7. The fraction of sp³-hybridized carbons (Fsp3) is 0.111. The van der Waals surface area contributed by atoms with Gasteiger partial charge >= 0.3 is 5.97 Å². The average Bonchev–Trinajstić information content (AvgIpc) is 3.04. The van der Waals surface area contributed by atoms with Gasteiger partial charge in [0.25, 0.3) is 20.2 Å². The number of rotatable bonds is 6. The minimum Gasteiger partial charge on any atom is -0.492 e. The summed E-state index contributed by atoms with van der Waals surface area (Å²) in [4.78, 5) is 10.6. The number of carboxylic acids is 1. The second kappa shape index (κ2) is 8.36. The van der Waals surface area contributed by atoms with Crippen LogP contribution in [0.25, 0.3) is 5.69 Å². The molecule has 0 unspecified atom stereocenters. The van der Waals surface area contributed by atoms with Gasteiger partial charge < -0.3 is 10.2 Å². The molecule has 0 saturated carbocycles. The molecule has 1 heterocycles. The quantitative estimate of drug-likeness (QED) is 0.289. The molecular formula is C18H16N4O9S2. The maximum absolute atomic E-state index is 11.7. The third kappa shape index (κ3) is 4.90. The highest BCUT2D eigenvalue weighted by Crippen LogP contribution is 2.36. The van der Waals surface area contributed by atoms with Crippen molar-refractivity contribution < 1.29 is 40.9 Å². The van der Waals surface area contributed by atoms with Crippen LogP contribution in [0.1, 0.15) is 21.6 Å². The number of aromatic hydroxyl groups is 1. The molecule has 0 saturated heterocycles. The monoisotopic (exact) mass is 496 g/mol. The molecule has 0 aliphatic heterocycles. The SMILES string of the molecule is Cc1cc(N=Nc2c(C(=O)O)nn(-c3ccc(S(=O)(=O)O)cc3)c2O)c(S(=O)(=O)O)cc1C. The van der Waals surface area contributed by atoms with E-state index in [2.05, 4.69) is 15.3 Å². The second-order valence-corrected chi connectivity index (χ2v) is 9.60. The molecule has 174 valence electrons. The van der Waals surface area contributed by atoms with Gasteiger partial charge in [-0.25, -0.2) is 4.79 Å². The molecule has 13 nitrogen and oxygen atoms in total. The number of benzene rings is 2. The predicted molar refractivity (Wildman–Crippen MR) is 112 cm³/mol. The topological polar surface area (TPSA) is 209 Å². The Morgan fingerprint density at radius 1 is 0.939 bits per heavy atom. The molecule has 2 aromatic carbocycles. The predicted octanol–water partition coefficient (Wildman–Crippen LogP) is 2.80. The molecule has 0 fully saturated rings. The molecule has 0 spiro atoms. The number of aromatic carboxylic acids is 1. The largest absolute Gasteiger partial charge is 0.492 e. The fourth-order valence-electron chi connectivity index (χ4n) is 2.74. The average molecular weight is 496 g/mol. The van der Waals surface area contributed by atoms with Crippen molar-refractivity contribution >= 4 is 37.6 Å². The first kappa shape index (κ1) is 24.0. The molecule has 0 radical (unpaired) electrons. The Morgan fingerprint density at radius 3 is 2.03 bits per heavy atom. The van der Waals surface area contributed by atoms with Crippen molar-refractivity contribution in [3.63, 3.8) is 0 Å². The molecule has 4 N–H and O–H groups in total. The summed E-state index contributed by atoms with van der Waals surface area (Å²) in [6.45, 7) is 3.26. The van der Waals surface area contributed by atoms with Crippen LogP contribution in [0.4, 0.5) is 11.4 Å². The van der Waals surface area contributed by atoms with Crippen molar-refractivity contribution in [2.24, 2.45) is 10.2 Å². The van der Waals surface area contributed by atoms with Crippen molar-refractivity contribution in [2.75, 3.05) is 0 Å². The molecule has 3 aromatic rings. The lowest BCUT2D eigenvalue weighted by atomic mass is 10.1. The van der Waals surface area contributed by atoms with Crippen LogP contribution in [0.2, 0.25) is 0 Å². The Labute approximate surface area is 187 Å². The lowest BCUT2D eigenvalue weighted by Gasteiger charge is -2.06. The molecule has 0 atom stereocenters. The highest BCUT2D eigenvalue weighted by Gasteiger charge is 2.25. The van der Waals surface area contributed by atoms with Gasteiger partial charge in [-0.05, 0) is 61.4 Å².